The van der Waals surface area contributed by atoms with Gasteiger partial charge in [0.25, 0.3) is 0 Å². The smallest absolute Gasteiger partial charge is 0.222 e. The predicted octanol–water partition coefficient (Wildman–Crippen LogP) is 2.38. The molecule has 4 heteroatoms. The lowest BCUT2D eigenvalue weighted by Gasteiger charge is -2.20. The van der Waals surface area contributed by atoms with Gasteiger partial charge in [-0.25, -0.2) is 0 Å². The number of likely N-dealkylation sites (tertiary alicyclic amines) is 1. The Morgan fingerprint density at radius 1 is 1.50 bits per heavy atom. The second-order valence-corrected chi connectivity index (χ2v) is 5.19. The summed E-state index contributed by atoms with van der Waals surface area (Å²) in [5.41, 5.74) is 1.12. The zero-order chi connectivity index (χ0) is 12.8. The second kappa shape index (κ2) is 6.57. The summed E-state index contributed by atoms with van der Waals surface area (Å²) >= 11 is 0. The number of aromatic nitrogens is 2. The molecule has 1 unspecified atom stereocenters. The average Bonchev–Trinajstić information content (AvgIpc) is 2.79. The molecular weight excluding hydrogens is 226 g/mol. The largest absolute Gasteiger partial charge is 0.343 e. The van der Waals surface area contributed by atoms with Gasteiger partial charge in [-0.1, -0.05) is 13.3 Å². The summed E-state index contributed by atoms with van der Waals surface area (Å²) in [5, 5.41) is 6.68. The van der Waals surface area contributed by atoms with Crippen molar-refractivity contribution in [3.8, 4) is 0 Å². The van der Waals surface area contributed by atoms with Crippen molar-refractivity contribution < 1.29 is 4.79 Å². The molecule has 100 valence electrons. The number of aromatic amines is 1. The first-order valence-electron chi connectivity index (χ1n) is 7.05. The Hall–Kier alpha value is -1.32. The lowest BCUT2D eigenvalue weighted by Crippen LogP contribution is -2.32. The first-order valence-corrected chi connectivity index (χ1v) is 7.05. The molecule has 0 saturated carbocycles. The molecule has 18 heavy (non-hydrogen) atoms. The van der Waals surface area contributed by atoms with Crippen LogP contribution in [0.1, 0.15) is 44.6 Å². The third kappa shape index (κ3) is 3.59. The molecule has 2 rings (SSSR count). The van der Waals surface area contributed by atoms with Gasteiger partial charge in [0.05, 0.1) is 6.20 Å². The Morgan fingerprint density at radius 3 is 3.11 bits per heavy atom. The van der Waals surface area contributed by atoms with Crippen LogP contribution in [0.25, 0.3) is 0 Å². The second-order valence-electron chi connectivity index (χ2n) is 5.19. The van der Waals surface area contributed by atoms with Crippen LogP contribution in [-0.2, 0) is 11.2 Å². The quantitative estimate of drug-likeness (QED) is 0.890. The normalized spacial score (nSPS) is 20.7. The van der Waals surface area contributed by atoms with E-state index in [-0.39, 0.29) is 0 Å². The fraction of sp³-hybridized carbons (Fsp3) is 0.714. The van der Waals surface area contributed by atoms with Crippen molar-refractivity contribution in [1.82, 2.24) is 15.1 Å². The topological polar surface area (TPSA) is 49.0 Å². The van der Waals surface area contributed by atoms with Gasteiger partial charge in [0, 0.05) is 25.7 Å². The van der Waals surface area contributed by atoms with Gasteiger partial charge in [-0.2, -0.15) is 5.10 Å². The fourth-order valence-corrected chi connectivity index (χ4v) is 2.65. The van der Waals surface area contributed by atoms with Gasteiger partial charge in [-0.3, -0.25) is 9.89 Å². The van der Waals surface area contributed by atoms with Crippen LogP contribution in [0.3, 0.4) is 0 Å². The maximum absolute atomic E-state index is 12.1. The summed E-state index contributed by atoms with van der Waals surface area (Å²) in [6.07, 6.45) is 9.92. The van der Waals surface area contributed by atoms with E-state index in [2.05, 4.69) is 22.0 Å². The van der Waals surface area contributed by atoms with E-state index in [1.807, 2.05) is 6.20 Å². The number of nitrogens with one attached hydrogen (secondary N) is 1. The van der Waals surface area contributed by atoms with Crippen LogP contribution in [0.4, 0.5) is 0 Å². The van der Waals surface area contributed by atoms with Gasteiger partial charge in [0.2, 0.25) is 5.91 Å². The molecule has 0 aliphatic carbocycles. The fourth-order valence-electron chi connectivity index (χ4n) is 2.65. The summed E-state index contributed by atoms with van der Waals surface area (Å²) in [6.45, 7) is 4.14. The molecule has 1 atom stereocenters. The van der Waals surface area contributed by atoms with Crippen LogP contribution < -0.4 is 0 Å². The first kappa shape index (κ1) is 13.1. The third-order valence-corrected chi connectivity index (χ3v) is 3.96. The molecule has 4 nitrogen and oxygen atoms in total. The van der Waals surface area contributed by atoms with E-state index < -0.39 is 0 Å². The Labute approximate surface area is 109 Å². The van der Waals surface area contributed by atoms with E-state index in [9.17, 15) is 4.79 Å². The molecule has 1 amide bonds. The minimum absolute atomic E-state index is 0.299. The van der Waals surface area contributed by atoms with Gasteiger partial charge in [-0.05, 0) is 37.2 Å². The molecule has 2 heterocycles. The van der Waals surface area contributed by atoms with E-state index in [4.69, 9.17) is 0 Å². The van der Waals surface area contributed by atoms with E-state index in [0.29, 0.717) is 12.3 Å². The molecule has 1 aromatic heterocycles. The van der Waals surface area contributed by atoms with Gasteiger partial charge in [0.1, 0.15) is 0 Å². The molecule has 1 N–H and O–H groups in total. The van der Waals surface area contributed by atoms with Crippen molar-refractivity contribution >= 4 is 5.91 Å². The summed E-state index contributed by atoms with van der Waals surface area (Å²) < 4.78 is 0. The summed E-state index contributed by atoms with van der Waals surface area (Å²) in [7, 11) is 0. The highest BCUT2D eigenvalue weighted by Gasteiger charge is 2.19. The van der Waals surface area contributed by atoms with Crippen molar-refractivity contribution in [2.45, 2.75) is 45.4 Å². The van der Waals surface area contributed by atoms with Gasteiger partial charge >= 0.3 is 0 Å². The average molecular weight is 249 g/mol. The standard InChI is InChI=1S/C14H23N3O/c1-2-12-4-3-8-17(9-7-12)14(18)6-5-13-10-15-16-11-13/h10-12H,2-9H2,1H3,(H,15,16). The highest BCUT2D eigenvalue weighted by atomic mass is 16.2. The van der Waals surface area contributed by atoms with E-state index in [1.165, 1.54) is 19.3 Å². The summed E-state index contributed by atoms with van der Waals surface area (Å²) in [6, 6.07) is 0. The molecule has 1 aliphatic heterocycles. The number of carbonyl (C=O) groups is 1. The minimum atomic E-state index is 0.299. The number of H-pyrrole nitrogens is 1. The van der Waals surface area contributed by atoms with E-state index in [0.717, 1.165) is 37.4 Å². The molecule has 0 bridgehead atoms. The lowest BCUT2D eigenvalue weighted by atomic mass is 9.98. The van der Waals surface area contributed by atoms with Gasteiger partial charge in [-0.15, -0.1) is 0 Å². The van der Waals surface area contributed by atoms with Gasteiger partial charge in [0.15, 0.2) is 0 Å². The predicted molar refractivity (Wildman–Crippen MR) is 71.1 cm³/mol. The third-order valence-electron chi connectivity index (χ3n) is 3.96. The molecule has 0 spiro atoms. The molecule has 1 aliphatic rings. The van der Waals surface area contributed by atoms with Crippen LogP contribution in [0.2, 0.25) is 0 Å². The summed E-state index contributed by atoms with van der Waals surface area (Å²) in [5.74, 6) is 1.12. The lowest BCUT2D eigenvalue weighted by molar-refractivity contribution is -0.131. The van der Waals surface area contributed by atoms with Crippen LogP contribution in [-0.4, -0.2) is 34.1 Å². The van der Waals surface area contributed by atoms with Crippen molar-refractivity contribution in [3.05, 3.63) is 18.0 Å². The van der Waals surface area contributed by atoms with Crippen molar-refractivity contribution in [3.63, 3.8) is 0 Å². The minimum Gasteiger partial charge on any atom is -0.343 e. The number of hydrogen-bond acceptors (Lipinski definition) is 2. The first-order chi connectivity index (χ1) is 8.79. The molecule has 1 fully saturated rings. The summed E-state index contributed by atoms with van der Waals surface area (Å²) in [4.78, 5) is 14.2. The zero-order valence-corrected chi connectivity index (χ0v) is 11.2. The maximum atomic E-state index is 12.1. The number of amides is 1. The van der Waals surface area contributed by atoms with Crippen LogP contribution in [0.15, 0.2) is 12.4 Å². The molecular formula is C14H23N3O. The Balaban J connectivity index is 1.78. The monoisotopic (exact) mass is 249 g/mol. The SMILES string of the molecule is CCC1CCCN(C(=O)CCc2cn[nH]c2)CC1. The molecule has 1 aromatic rings. The number of hydrogen-bond donors (Lipinski definition) is 1. The Bertz CT molecular complexity index is 361. The van der Waals surface area contributed by atoms with Crippen LogP contribution in [0.5, 0.6) is 0 Å². The Kier molecular flexibility index (Phi) is 4.79. The van der Waals surface area contributed by atoms with Gasteiger partial charge < -0.3 is 4.90 Å². The highest BCUT2D eigenvalue weighted by Crippen LogP contribution is 2.20. The van der Waals surface area contributed by atoms with Crippen molar-refractivity contribution in [1.29, 1.82) is 0 Å². The van der Waals surface area contributed by atoms with Crippen LogP contribution >= 0.6 is 0 Å². The highest BCUT2D eigenvalue weighted by molar-refractivity contribution is 5.76. The molecule has 0 aromatic carbocycles. The van der Waals surface area contributed by atoms with Crippen LogP contribution in [0, 0.1) is 5.92 Å². The zero-order valence-electron chi connectivity index (χ0n) is 11.2. The number of nitrogens with zero attached hydrogens (tertiary/aromatic N) is 2. The molecule has 0 radical (unpaired) electrons. The van der Waals surface area contributed by atoms with E-state index >= 15 is 0 Å². The van der Waals surface area contributed by atoms with Crippen molar-refractivity contribution in [2.75, 3.05) is 13.1 Å². The molecule has 1 saturated heterocycles. The Morgan fingerprint density at radius 2 is 2.39 bits per heavy atom. The van der Waals surface area contributed by atoms with E-state index in [1.54, 1.807) is 6.20 Å². The number of aryl methyl sites for hydroxylation is 1. The maximum Gasteiger partial charge on any atom is 0.222 e. The van der Waals surface area contributed by atoms with Crippen molar-refractivity contribution in [2.24, 2.45) is 5.92 Å². The number of carbonyl (C=O) groups excluding carboxylic acids is 1. The number of rotatable bonds is 4.